The normalized spacial score (nSPS) is 23.4. The Balaban J connectivity index is 1.42. The molecule has 28 heavy (non-hydrogen) atoms. The molecular formula is C20H23N3O4S. The number of carbonyl (C=O) groups excluding carboxylic acids is 1. The maximum Gasteiger partial charge on any atom is 0.251 e. The maximum atomic E-state index is 12.5. The molecule has 1 amide bonds. The maximum absolute atomic E-state index is 12.5. The van der Waals surface area contributed by atoms with Gasteiger partial charge in [0, 0.05) is 23.7 Å². The van der Waals surface area contributed by atoms with Gasteiger partial charge in [-0.15, -0.1) is 0 Å². The van der Waals surface area contributed by atoms with E-state index in [0.29, 0.717) is 34.8 Å². The number of hydrogen-bond acceptors (Lipinski definition) is 5. The van der Waals surface area contributed by atoms with Gasteiger partial charge in [-0.2, -0.15) is 0 Å². The molecule has 148 valence electrons. The predicted molar refractivity (Wildman–Crippen MR) is 107 cm³/mol. The molecule has 2 heterocycles. The third-order valence-electron chi connectivity index (χ3n) is 5.14. The number of sulfonamides is 1. The molecular weight excluding hydrogens is 378 g/mol. The van der Waals surface area contributed by atoms with E-state index in [-0.39, 0.29) is 11.9 Å². The van der Waals surface area contributed by atoms with Crippen LogP contribution in [0, 0.1) is 0 Å². The first-order valence-electron chi connectivity index (χ1n) is 9.29. The number of benzene rings is 2. The highest BCUT2D eigenvalue weighted by atomic mass is 32.2. The van der Waals surface area contributed by atoms with Gasteiger partial charge in [0.2, 0.25) is 10.0 Å². The number of carbonyl (C=O) groups is 1. The average Bonchev–Trinajstić information content (AvgIpc) is 3.26. The largest absolute Gasteiger partial charge is 0.455 e. The zero-order chi connectivity index (χ0) is 19.7. The number of nitrogens with one attached hydrogen (secondary N) is 3. The lowest BCUT2D eigenvalue weighted by atomic mass is 9.95. The van der Waals surface area contributed by atoms with Crippen LogP contribution in [0.2, 0.25) is 0 Å². The summed E-state index contributed by atoms with van der Waals surface area (Å²) in [6.45, 7) is 0. The highest BCUT2D eigenvalue weighted by Crippen LogP contribution is 2.30. The Kier molecular flexibility index (Phi) is 4.99. The van der Waals surface area contributed by atoms with E-state index >= 15 is 0 Å². The van der Waals surface area contributed by atoms with Crippen molar-refractivity contribution in [1.82, 2.24) is 10.6 Å². The van der Waals surface area contributed by atoms with Gasteiger partial charge in [-0.1, -0.05) is 12.1 Å². The van der Waals surface area contributed by atoms with Crippen molar-refractivity contribution >= 4 is 21.6 Å². The van der Waals surface area contributed by atoms with E-state index in [0.717, 1.165) is 19.1 Å². The van der Waals surface area contributed by atoms with Crippen LogP contribution in [0.5, 0.6) is 11.5 Å². The summed E-state index contributed by atoms with van der Waals surface area (Å²) in [4.78, 5) is 12.5. The fourth-order valence-corrected chi connectivity index (χ4v) is 4.44. The lowest BCUT2D eigenvalue weighted by Gasteiger charge is -2.21. The van der Waals surface area contributed by atoms with Gasteiger partial charge in [-0.25, -0.2) is 8.42 Å². The lowest BCUT2D eigenvalue weighted by molar-refractivity contribution is 0.0931. The van der Waals surface area contributed by atoms with Crippen LogP contribution in [0.3, 0.4) is 0 Å². The van der Waals surface area contributed by atoms with Crippen molar-refractivity contribution in [1.29, 1.82) is 0 Å². The number of para-hydroxylation sites is 2. The first kappa shape index (κ1) is 18.8. The fourth-order valence-electron chi connectivity index (χ4n) is 3.88. The Morgan fingerprint density at radius 3 is 2.50 bits per heavy atom. The number of anilines is 1. The van der Waals surface area contributed by atoms with Crippen molar-refractivity contribution in [2.75, 3.05) is 11.0 Å². The molecule has 7 nitrogen and oxygen atoms in total. The van der Waals surface area contributed by atoms with E-state index in [4.69, 9.17) is 4.74 Å². The minimum absolute atomic E-state index is 0.0926. The lowest BCUT2D eigenvalue weighted by Crippen LogP contribution is -2.42. The summed E-state index contributed by atoms with van der Waals surface area (Å²) in [5, 5.41) is 6.62. The number of hydrogen-bond donors (Lipinski definition) is 3. The van der Waals surface area contributed by atoms with Crippen LogP contribution < -0.4 is 20.1 Å². The molecule has 2 aliphatic rings. The number of ether oxygens (including phenoxy) is 1. The smallest absolute Gasteiger partial charge is 0.251 e. The highest BCUT2D eigenvalue weighted by Gasteiger charge is 2.39. The van der Waals surface area contributed by atoms with E-state index in [1.54, 1.807) is 48.5 Å². The Morgan fingerprint density at radius 2 is 1.86 bits per heavy atom. The third kappa shape index (κ3) is 4.28. The third-order valence-corrected chi connectivity index (χ3v) is 5.73. The second kappa shape index (κ2) is 7.44. The quantitative estimate of drug-likeness (QED) is 0.691. The summed E-state index contributed by atoms with van der Waals surface area (Å²) in [6, 6.07) is 14.7. The molecule has 0 aliphatic carbocycles. The molecule has 2 aromatic rings. The van der Waals surface area contributed by atoms with Crippen LogP contribution in [-0.2, 0) is 10.0 Å². The minimum atomic E-state index is -3.41. The molecule has 0 aromatic heterocycles. The van der Waals surface area contributed by atoms with Crippen LogP contribution in [0.1, 0.15) is 29.6 Å². The summed E-state index contributed by atoms with van der Waals surface area (Å²) in [5.74, 6) is 0.809. The average molecular weight is 401 g/mol. The Hall–Kier alpha value is -2.58. The molecule has 2 aromatic carbocycles. The topological polar surface area (TPSA) is 96.5 Å². The molecule has 2 saturated heterocycles. The van der Waals surface area contributed by atoms with Gasteiger partial charge in [-0.3, -0.25) is 9.52 Å². The second-order valence-corrected chi connectivity index (χ2v) is 9.11. The zero-order valence-corrected chi connectivity index (χ0v) is 16.3. The zero-order valence-electron chi connectivity index (χ0n) is 15.5. The SMILES string of the molecule is CS(=O)(=O)Nc1ccccc1Oc1ccc(C(=O)NC2CC3CCC2N3)cc1. The molecule has 2 aliphatic heterocycles. The summed E-state index contributed by atoms with van der Waals surface area (Å²) >= 11 is 0. The summed E-state index contributed by atoms with van der Waals surface area (Å²) in [6.07, 6.45) is 4.38. The first-order valence-corrected chi connectivity index (χ1v) is 11.2. The molecule has 3 atom stereocenters. The van der Waals surface area contributed by atoms with E-state index in [1.807, 2.05) is 0 Å². The summed E-state index contributed by atoms with van der Waals surface area (Å²) in [7, 11) is -3.41. The summed E-state index contributed by atoms with van der Waals surface area (Å²) < 4.78 is 31.2. The molecule has 0 radical (unpaired) electrons. The predicted octanol–water partition coefficient (Wildman–Crippen LogP) is 2.47. The van der Waals surface area contributed by atoms with Crippen LogP contribution in [0.4, 0.5) is 5.69 Å². The molecule has 2 bridgehead atoms. The van der Waals surface area contributed by atoms with E-state index in [2.05, 4.69) is 15.4 Å². The molecule has 3 unspecified atom stereocenters. The van der Waals surface area contributed by atoms with Crippen LogP contribution >= 0.6 is 0 Å². The number of rotatable bonds is 6. The van der Waals surface area contributed by atoms with Gasteiger partial charge < -0.3 is 15.4 Å². The number of amides is 1. The van der Waals surface area contributed by atoms with Gasteiger partial charge in [-0.05, 0) is 55.7 Å². The molecule has 0 spiro atoms. The van der Waals surface area contributed by atoms with Gasteiger partial charge in [0.15, 0.2) is 5.75 Å². The monoisotopic (exact) mass is 401 g/mol. The Morgan fingerprint density at radius 1 is 1.11 bits per heavy atom. The van der Waals surface area contributed by atoms with Gasteiger partial charge >= 0.3 is 0 Å². The van der Waals surface area contributed by atoms with E-state index in [1.165, 1.54) is 6.42 Å². The summed E-state index contributed by atoms with van der Waals surface area (Å²) in [5.41, 5.74) is 0.924. The molecule has 3 N–H and O–H groups in total. The molecule has 4 rings (SSSR count). The van der Waals surface area contributed by atoms with Gasteiger partial charge in [0.1, 0.15) is 5.75 Å². The molecule has 2 fully saturated rings. The minimum Gasteiger partial charge on any atom is -0.455 e. The highest BCUT2D eigenvalue weighted by molar-refractivity contribution is 7.92. The molecule has 8 heteroatoms. The van der Waals surface area contributed by atoms with Crippen molar-refractivity contribution in [3.63, 3.8) is 0 Å². The Bertz CT molecular complexity index is 975. The Labute approximate surface area is 164 Å². The van der Waals surface area contributed by atoms with Gasteiger partial charge in [0.25, 0.3) is 5.91 Å². The molecule has 0 saturated carbocycles. The standard InChI is InChI=1S/C20H23N3O4S/c1-28(25,26)23-17-4-2-3-5-19(17)27-15-9-6-13(7-10-15)20(24)22-18-12-14-8-11-16(18)21-14/h2-7,9-10,14,16,18,21,23H,8,11-12H2,1H3,(H,22,24). The van der Waals surface area contributed by atoms with E-state index < -0.39 is 10.0 Å². The van der Waals surface area contributed by atoms with Crippen molar-refractivity contribution in [3.05, 3.63) is 54.1 Å². The van der Waals surface area contributed by atoms with Crippen molar-refractivity contribution in [2.45, 2.75) is 37.4 Å². The van der Waals surface area contributed by atoms with Crippen LogP contribution in [0.15, 0.2) is 48.5 Å². The van der Waals surface area contributed by atoms with Crippen molar-refractivity contribution in [3.8, 4) is 11.5 Å². The second-order valence-electron chi connectivity index (χ2n) is 7.36. The van der Waals surface area contributed by atoms with Crippen LogP contribution in [-0.4, -0.2) is 38.7 Å². The number of fused-ring (bicyclic) bond motifs is 2. The van der Waals surface area contributed by atoms with Crippen molar-refractivity contribution < 1.29 is 17.9 Å². The fraction of sp³-hybridized carbons (Fsp3) is 0.350. The van der Waals surface area contributed by atoms with E-state index in [9.17, 15) is 13.2 Å². The van der Waals surface area contributed by atoms with Crippen molar-refractivity contribution in [2.24, 2.45) is 0 Å². The van der Waals surface area contributed by atoms with Crippen LogP contribution in [0.25, 0.3) is 0 Å². The first-order chi connectivity index (χ1) is 13.4. The van der Waals surface area contributed by atoms with Gasteiger partial charge in [0.05, 0.1) is 11.9 Å².